The summed E-state index contributed by atoms with van der Waals surface area (Å²) in [5.41, 5.74) is 0.409. The minimum Gasteiger partial charge on any atom is -0.316 e. The van der Waals surface area contributed by atoms with E-state index in [-0.39, 0.29) is 10.7 Å². The molecule has 0 amide bonds. The van der Waals surface area contributed by atoms with Crippen LogP contribution in [0.5, 0.6) is 0 Å². The summed E-state index contributed by atoms with van der Waals surface area (Å²) < 4.78 is 27.0. The van der Waals surface area contributed by atoms with Crippen LogP contribution >= 0.6 is 0 Å². The van der Waals surface area contributed by atoms with Gasteiger partial charge in [0.1, 0.15) is 0 Å². The summed E-state index contributed by atoms with van der Waals surface area (Å²) in [4.78, 5) is 11.5. The summed E-state index contributed by atoms with van der Waals surface area (Å²) in [6.45, 7) is 3.70. The molecule has 20 heavy (non-hydrogen) atoms. The van der Waals surface area contributed by atoms with Gasteiger partial charge in [-0.1, -0.05) is 12.1 Å². The Balaban J connectivity index is 2.05. The van der Waals surface area contributed by atoms with Crippen LogP contribution in [0.1, 0.15) is 30.1 Å². The second-order valence-corrected chi connectivity index (χ2v) is 6.92. The van der Waals surface area contributed by atoms with Gasteiger partial charge in [0.2, 0.25) is 10.0 Å². The molecule has 0 saturated carbocycles. The summed E-state index contributed by atoms with van der Waals surface area (Å²) >= 11 is 0. The fourth-order valence-corrected chi connectivity index (χ4v) is 3.45. The number of benzene rings is 1. The Morgan fingerprint density at radius 2 is 2.25 bits per heavy atom. The first-order valence-electron chi connectivity index (χ1n) is 6.80. The molecular weight excluding hydrogens is 276 g/mol. The van der Waals surface area contributed by atoms with E-state index in [9.17, 15) is 13.2 Å². The third-order valence-electron chi connectivity index (χ3n) is 3.51. The second kappa shape index (κ2) is 6.47. The first-order valence-corrected chi connectivity index (χ1v) is 8.29. The Kier molecular flexibility index (Phi) is 4.91. The van der Waals surface area contributed by atoms with E-state index >= 15 is 0 Å². The van der Waals surface area contributed by atoms with E-state index in [1.165, 1.54) is 19.1 Å². The molecule has 1 aromatic rings. The maximum atomic E-state index is 12.2. The summed E-state index contributed by atoms with van der Waals surface area (Å²) in [6.07, 6.45) is 2.11. The number of sulfonamides is 1. The van der Waals surface area contributed by atoms with E-state index in [1.807, 2.05) is 0 Å². The second-order valence-electron chi connectivity index (χ2n) is 5.15. The van der Waals surface area contributed by atoms with Gasteiger partial charge in [0.05, 0.1) is 4.90 Å². The molecule has 1 atom stereocenters. The van der Waals surface area contributed by atoms with Gasteiger partial charge in [-0.25, -0.2) is 13.1 Å². The minimum atomic E-state index is -3.55. The zero-order valence-corrected chi connectivity index (χ0v) is 12.4. The van der Waals surface area contributed by atoms with Gasteiger partial charge in [-0.3, -0.25) is 4.79 Å². The Hall–Kier alpha value is -1.24. The SMILES string of the molecule is CC(=O)c1cccc(S(=O)(=O)NCC2CCCNC2)c1. The van der Waals surface area contributed by atoms with E-state index in [4.69, 9.17) is 0 Å². The quantitative estimate of drug-likeness (QED) is 0.800. The van der Waals surface area contributed by atoms with Crippen LogP contribution in [0.25, 0.3) is 0 Å². The number of carbonyl (C=O) groups is 1. The summed E-state index contributed by atoms with van der Waals surface area (Å²) in [5, 5.41) is 3.26. The Bertz CT molecular complexity index is 578. The highest BCUT2D eigenvalue weighted by Crippen LogP contribution is 2.14. The molecule has 0 spiro atoms. The number of hydrogen-bond acceptors (Lipinski definition) is 4. The highest BCUT2D eigenvalue weighted by Gasteiger charge is 2.19. The number of Topliss-reactive ketones (excluding diaryl/α,β-unsaturated/α-hetero) is 1. The van der Waals surface area contributed by atoms with Crippen molar-refractivity contribution in [1.29, 1.82) is 0 Å². The van der Waals surface area contributed by atoms with Crippen molar-refractivity contribution in [2.24, 2.45) is 5.92 Å². The van der Waals surface area contributed by atoms with Crippen LogP contribution in [-0.2, 0) is 10.0 Å². The summed E-state index contributed by atoms with van der Waals surface area (Å²) in [5.74, 6) is 0.188. The number of hydrogen-bond donors (Lipinski definition) is 2. The van der Waals surface area contributed by atoms with Crippen molar-refractivity contribution in [3.05, 3.63) is 29.8 Å². The minimum absolute atomic E-state index is 0.140. The molecule has 1 saturated heterocycles. The number of nitrogens with one attached hydrogen (secondary N) is 2. The number of piperidine rings is 1. The lowest BCUT2D eigenvalue weighted by Crippen LogP contribution is -2.38. The van der Waals surface area contributed by atoms with Gasteiger partial charge < -0.3 is 5.32 Å². The van der Waals surface area contributed by atoms with Crippen molar-refractivity contribution in [2.45, 2.75) is 24.7 Å². The summed E-state index contributed by atoms with van der Waals surface area (Å²) in [6, 6.07) is 6.14. The van der Waals surface area contributed by atoms with E-state index in [0.717, 1.165) is 25.9 Å². The van der Waals surface area contributed by atoms with Crippen LogP contribution in [0, 0.1) is 5.92 Å². The first kappa shape index (κ1) is 15.2. The molecule has 2 N–H and O–H groups in total. The van der Waals surface area contributed by atoms with Gasteiger partial charge in [0, 0.05) is 12.1 Å². The van der Waals surface area contributed by atoms with Crippen LogP contribution in [0.4, 0.5) is 0 Å². The monoisotopic (exact) mass is 296 g/mol. The van der Waals surface area contributed by atoms with Gasteiger partial charge in [-0.05, 0) is 50.9 Å². The first-order chi connectivity index (χ1) is 9.49. The van der Waals surface area contributed by atoms with Crippen molar-refractivity contribution in [1.82, 2.24) is 10.0 Å². The fourth-order valence-electron chi connectivity index (χ4n) is 2.29. The topological polar surface area (TPSA) is 75.3 Å². The number of rotatable bonds is 5. The molecule has 1 aliphatic heterocycles. The average Bonchev–Trinajstić information content (AvgIpc) is 2.46. The molecular formula is C14H20N2O3S. The van der Waals surface area contributed by atoms with Gasteiger partial charge in [0.25, 0.3) is 0 Å². The fraction of sp³-hybridized carbons (Fsp3) is 0.500. The zero-order chi connectivity index (χ0) is 14.6. The van der Waals surface area contributed by atoms with Gasteiger partial charge in [0.15, 0.2) is 5.78 Å². The lowest BCUT2D eigenvalue weighted by atomic mass is 10.0. The normalized spacial score (nSPS) is 19.8. The smallest absolute Gasteiger partial charge is 0.240 e. The molecule has 5 nitrogen and oxygen atoms in total. The highest BCUT2D eigenvalue weighted by atomic mass is 32.2. The summed E-state index contributed by atoms with van der Waals surface area (Å²) in [7, 11) is -3.55. The zero-order valence-electron chi connectivity index (χ0n) is 11.6. The maximum absolute atomic E-state index is 12.2. The van der Waals surface area contributed by atoms with E-state index < -0.39 is 10.0 Å². The van der Waals surface area contributed by atoms with Crippen molar-refractivity contribution >= 4 is 15.8 Å². The molecule has 0 bridgehead atoms. The molecule has 0 aliphatic carbocycles. The van der Waals surface area contributed by atoms with Gasteiger partial charge in [-0.2, -0.15) is 0 Å². The Morgan fingerprint density at radius 3 is 2.90 bits per heavy atom. The lowest BCUT2D eigenvalue weighted by molar-refractivity contribution is 0.101. The predicted molar refractivity (Wildman–Crippen MR) is 77.2 cm³/mol. The predicted octanol–water partition coefficient (Wildman–Crippen LogP) is 1.17. The van der Waals surface area contributed by atoms with Gasteiger partial charge >= 0.3 is 0 Å². The van der Waals surface area contributed by atoms with Crippen molar-refractivity contribution in [3.63, 3.8) is 0 Å². The maximum Gasteiger partial charge on any atom is 0.240 e. The molecule has 1 aromatic carbocycles. The standard InChI is InChI=1S/C14H20N2O3S/c1-11(17)13-5-2-6-14(8-13)20(18,19)16-10-12-4-3-7-15-9-12/h2,5-6,8,12,15-16H,3-4,7,9-10H2,1H3. The van der Waals surface area contributed by atoms with Gasteiger partial charge in [-0.15, -0.1) is 0 Å². The highest BCUT2D eigenvalue weighted by molar-refractivity contribution is 7.89. The molecule has 2 rings (SSSR count). The van der Waals surface area contributed by atoms with Crippen LogP contribution in [-0.4, -0.2) is 33.8 Å². The van der Waals surface area contributed by atoms with Crippen LogP contribution in [0.2, 0.25) is 0 Å². The van der Waals surface area contributed by atoms with E-state index in [0.29, 0.717) is 18.0 Å². The van der Waals surface area contributed by atoms with Crippen molar-refractivity contribution in [2.75, 3.05) is 19.6 Å². The van der Waals surface area contributed by atoms with E-state index in [1.54, 1.807) is 12.1 Å². The Morgan fingerprint density at radius 1 is 1.45 bits per heavy atom. The number of carbonyl (C=O) groups excluding carboxylic acids is 1. The third-order valence-corrected chi connectivity index (χ3v) is 4.93. The molecule has 1 heterocycles. The Labute approximate surface area is 119 Å². The molecule has 1 unspecified atom stereocenters. The van der Waals surface area contributed by atoms with Crippen LogP contribution in [0.3, 0.4) is 0 Å². The molecule has 0 radical (unpaired) electrons. The van der Waals surface area contributed by atoms with Crippen molar-refractivity contribution < 1.29 is 13.2 Å². The average molecular weight is 296 g/mol. The third kappa shape index (κ3) is 3.88. The molecule has 110 valence electrons. The molecule has 1 aliphatic rings. The molecule has 6 heteroatoms. The largest absolute Gasteiger partial charge is 0.316 e. The van der Waals surface area contributed by atoms with E-state index in [2.05, 4.69) is 10.0 Å². The van der Waals surface area contributed by atoms with Crippen LogP contribution < -0.4 is 10.0 Å². The van der Waals surface area contributed by atoms with Crippen molar-refractivity contribution in [3.8, 4) is 0 Å². The lowest BCUT2D eigenvalue weighted by Gasteiger charge is -2.22. The van der Waals surface area contributed by atoms with Crippen LogP contribution in [0.15, 0.2) is 29.2 Å². The molecule has 0 aromatic heterocycles. The number of ketones is 1. The molecule has 1 fully saturated rings.